The summed E-state index contributed by atoms with van der Waals surface area (Å²) in [6.45, 7) is 17.2. The molecule has 0 aromatic carbocycles. The van der Waals surface area contributed by atoms with Crippen molar-refractivity contribution in [2.45, 2.75) is 129 Å². The van der Waals surface area contributed by atoms with E-state index in [-0.39, 0.29) is 52.9 Å². The average Bonchev–Trinajstić information content (AvgIpc) is 3.26. The van der Waals surface area contributed by atoms with Crippen LogP contribution < -0.4 is 5.32 Å². The van der Waals surface area contributed by atoms with Crippen LogP contribution in [-0.4, -0.2) is 69.4 Å². The van der Waals surface area contributed by atoms with Crippen LogP contribution in [0.5, 0.6) is 0 Å². The first-order valence-electron chi connectivity index (χ1n) is 14.1. The van der Waals surface area contributed by atoms with E-state index in [9.17, 15) is 4.57 Å². The standard InChI is InChI=1S/C27H48B2NO5PS/c1-24(2,3)21-20-19(23(29)34-21)27(8,9)37-36(31,35-20)32-15-16-17-18(22(28)33-16)26(6,7)30-14-12-10-11-13-25(17,4)5/h16-23,30H,10-15H2,1-9H3/t16-,17?,18?,19?,20?,21+,22-,23-,36+/m1/s1. The third-order valence-corrected chi connectivity index (χ3v) is 13.8. The highest BCUT2D eigenvalue weighted by Gasteiger charge is 2.61. The van der Waals surface area contributed by atoms with E-state index in [1.165, 1.54) is 24.2 Å². The Hall–Kier alpha value is 0.510. The molecule has 4 rings (SSSR count). The minimum atomic E-state index is -3.52. The van der Waals surface area contributed by atoms with Gasteiger partial charge in [0.05, 0.1) is 18.8 Å². The molecular formula is C27H48B2NO5PS. The van der Waals surface area contributed by atoms with E-state index >= 15 is 0 Å². The predicted octanol–water partition coefficient (Wildman–Crippen LogP) is 5.67. The van der Waals surface area contributed by atoms with Crippen molar-refractivity contribution in [2.75, 3.05) is 13.2 Å². The third kappa shape index (κ3) is 6.09. The van der Waals surface area contributed by atoms with Gasteiger partial charge in [0.1, 0.15) is 21.8 Å². The summed E-state index contributed by atoms with van der Waals surface area (Å²) >= 11 is 1.26. The Bertz CT molecular complexity index is 881. The van der Waals surface area contributed by atoms with E-state index < -0.39 is 29.7 Å². The Morgan fingerprint density at radius 3 is 2.27 bits per heavy atom. The van der Waals surface area contributed by atoms with Gasteiger partial charge in [0.15, 0.2) is 0 Å². The number of hydrogen-bond donors (Lipinski definition) is 1. The topological polar surface area (TPSA) is 66.0 Å². The maximum absolute atomic E-state index is 14.2. The van der Waals surface area contributed by atoms with Gasteiger partial charge in [-0.05, 0) is 81.1 Å². The SMILES string of the molecule is [B][C@@H]1O[C@H](CO[P@@]2(=O)OC3C([C@H]([B])O[C@@H]3C(C)(C)C)C(C)(C)S2)C2C1C(C)(C)NCCCCCC2(C)C. The Labute approximate surface area is 232 Å². The predicted molar refractivity (Wildman–Crippen MR) is 153 cm³/mol. The molecule has 4 heterocycles. The van der Waals surface area contributed by atoms with Crippen LogP contribution in [0, 0.1) is 28.6 Å². The first-order chi connectivity index (χ1) is 16.9. The highest BCUT2D eigenvalue weighted by atomic mass is 32.7. The highest BCUT2D eigenvalue weighted by molar-refractivity contribution is 8.55. The van der Waals surface area contributed by atoms with Gasteiger partial charge in [0.2, 0.25) is 0 Å². The van der Waals surface area contributed by atoms with Crippen LogP contribution in [0.1, 0.15) is 88.0 Å². The smallest absolute Gasteiger partial charge is 0.382 e. The van der Waals surface area contributed by atoms with Crippen molar-refractivity contribution in [2.24, 2.45) is 28.6 Å². The van der Waals surface area contributed by atoms with Crippen LogP contribution in [0.2, 0.25) is 0 Å². The van der Waals surface area contributed by atoms with Gasteiger partial charge in [-0.15, -0.1) is 0 Å². The maximum atomic E-state index is 14.2. The summed E-state index contributed by atoms with van der Waals surface area (Å²) in [5.74, 6) is 0.162. The van der Waals surface area contributed by atoms with E-state index in [4.69, 9.17) is 34.2 Å². The lowest BCUT2D eigenvalue weighted by molar-refractivity contribution is -0.0360. The van der Waals surface area contributed by atoms with E-state index in [1.807, 2.05) is 0 Å². The summed E-state index contributed by atoms with van der Waals surface area (Å²) in [6, 6.07) is -0.895. The quantitative estimate of drug-likeness (QED) is 0.358. The molecule has 4 aliphatic heterocycles. The third-order valence-electron chi connectivity index (χ3n) is 9.25. The summed E-state index contributed by atoms with van der Waals surface area (Å²) in [6.07, 6.45) is 3.70. The first kappa shape index (κ1) is 30.5. The summed E-state index contributed by atoms with van der Waals surface area (Å²) in [5, 5.41) is 3.75. The molecule has 0 aromatic heterocycles. The maximum Gasteiger partial charge on any atom is 0.390 e. The van der Waals surface area contributed by atoms with Crippen LogP contribution in [0.25, 0.3) is 0 Å². The lowest BCUT2D eigenvalue weighted by Gasteiger charge is -2.47. The van der Waals surface area contributed by atoms with Gasteiger partial charge in [-0.25, -0.2) is 4.57 Å². The Morgan fingerprint density at radius 2 is 1.62 bits per heavy atom. The van der Waals surface area contributed by atoms with Crippen molar-refractivity contribution in [3.05, 3.63) is 0 Å². The monoisotopic (exact) mass is 551 g/mol. The van der Waals surface area contributed by atoms with Crippen molar-refractivity contribution in [1.82, 2.24) is 5.32 Å². The highest BCUT2D eigenvalue weighted by Crippen LogP contribution is 2.73. The van der Waals surface area contributed by atoms with Crippen molar-refractivity contribution in [1.29, 1.82) is 0 Å². The summed E-state index contributed by atoms with van der Waals surface area (Å²) in [4.78, 5) is 0. The molecule has 0 aromatic rings. The molecule has 4 saturated heterocycles. The average molecular weight is 551 g/mol. The van der Waals surface area contributed by atoms with Gasteiger partial charge in [0.25, 0.3) is 0 Å². The van der Waals surface area contributed by atoms with Crippen LogP contribution >= 0.6 is 18.2 Å². The fraction of sp³-hybridized carbons (Fsp3) is 1.00. The minimum absolute atomic E-state index is 0.00802. The van der Waals surface area contributed by atoms with E-state index in [0.717, 1.165) is 19.4 Å². The van der Waals surface area contributed by atoms with Crippen LogP contribution in [0.15, 0.2) is 0 Å². The Balaban J connectivity index is 1.57. The zero-order valence-electron chi connectivity index (χ0n) is 24.4. The number of ether oxygens (including phenoxy) is 2. The molecule has 4 radical (unpaired) electrons. The Morgan fingerprint density at radius 1 is 0.973 bits per heavy atom. The molecule has 0 bridgehead atoms. The van der Waals surface area contributed by atoms with E-state index in [2.05, 4.69) is 67.6 Å². The second kappa shape index (κ2) is 10.4. The van der Waals surface area contributed by atoms with E-state index in [0.29, 0.717) is 0 Å². The van der Waals surface area contributed by atoms with Gasteiger partial charge in [0, 0.05) is 28.2 Å². The van der Waals surface area contributed by atoms with Gasteiger partial charge in [-0.1, -0.05) is 47.5 Å². The molecule has 0 saturated carbocycles. The molecule has 4 unspecified atom stereocenters. The van der Waals surface area contributed by atoms with Crippen molar-refractivity contribution < 1.29 is 23.1 Å². The second-order valence-electron chi connectivity index (χ2n) is 14.6. The van der Waals surface area contributed by atoms with Crippen LogP contribution in [-0.2, 0) is 23.1 Å². The molecule has 9 atom stereocenters. The second-order valence-corrected chi connectivity index (χ2v) is 19.0. The summed E-state index contributed by atoms with van der Waals surface area (Å²) in [7, 11) is 13.1. The summed E-state index contributed by atoms with van der Waals surface area (Å²) in [5.41, 5.74) is -0.417. The van der Waals surface area contributed by atoms with Crippen molar-refractivity contribution in [3.63, 3.8) is 0 Å². The zero-order valence-corrected chi connectivity index (χ0v) is 26.1. The Kier molecular flexibility index (Phi) is 8.57. The van der Waals surface area contributed by atoms with Crippen molar-refractivity contribution >= 4 is 33.9 Å². The molecule has 0 spiro atoms. The molecule has 4 aliphatic rings. The normalized spacial score (nSPS) is 45.6. The molecule has 208 valence electrons. The van der Waals surface area contributed by atoms with Gasteiger partial charge >= 0.3 is 6.80 Å². The molecule has 0 amide bonds. The van der Waals surface area contributed by atoms with Crippen LogP contribution in [0.3, 0.4) is 0 Å². The fourth-order valence-electron chi connectivity index (χ4n) is 7.43. The first-order valence-corrected chi connectivity index (χ1v) is 17.1. The van der Waals surface area contributed by atoms with Crippen LogP contribution in [0.4, 0.5) is 0 Å². The zero-order chi connectivity index (χ0) is 27.6. The summed E-state index contributed by atoms with van der Waals surface area (Å²) < 4.78 is 39.0. The number of hydrogen-bond acceptors (Lipinski definition) is 7. The fourth-order valence-corrected chi connectivity index (χ4v) is 12.3. The van der Waals surface area contributed by atoms with Gasteiger partial charge in [-0.3, -0.25) is 9.05 Å². The lowest BCUT2D eigenvalue weighted by atomic mass is 9.59. The number of fused-ring (bicyclic) bond motifs is 2. The number of rotatable bonds is 3. The molecule has 4 fully saturated rings. The molecular weight excluding hydrogens is 503 g/mol. The molecule has 0 aliphatic carbocycles. The van der Waals surface area contributed by atoms with Crippen molar-refractivity contribution in [3.8, 4) is 0 Å². The largest absolute Gasteiger partial charge is 0.390 e. The van der Waals surface area contributed by atoms with Gasteiger partial charge in [-0.2, -0.15) is 0 Å². The molecule has 6 nitrogen and oxygen atoms in total. The lowest BCUT2D eigenvalue weighted by Crippen LogP contribution is -2.55. The van der Waals surface area contributed by atoms with E-state index in [1.54, 1.807) is 0 Å². The molecule has 37 heavy (non-hydrogen) atoms. The van der Waals surface area contributed by atoms with Gasteiger partial charge < -0.3 is 14.8 Å². The molecule has 1 N–H and O–H groups in total. The molecule has 10 heteroatoms. The number of nitrogens with one attached hydrogen (secondary N) is 1. The minimum Gasteiger partial charge on any atom is -0.382 e.